The average Bonchev–Trinajstić information content (AvgIpc) is 2.59. The maximum atomic E-state index is 10.4. The first-order valence-corrected chi connectivity index (χ1v) is 8.80. The van der Waals surface area contributed by atoms with Crippen molar-refractivity contribution in [3.8, 4) is 0 Å². The van der Waals surface area contributed by atoms with E-state index in [1.807, 2.05) is 25.2 Å². The Kier molecular flexibility index (Phi) is 16.4. The Hall–Kier alpha value is -1.52. The summed E-state index contributed by atoms with van der Waals surface area (Å²) in [6, 6.07) is 10.2. The quantitative estimate of drug-likeness (QED) is 0.747. The topological polar surface area (TPSA) is 55.4 Å². The van der Waals surface area contributed by atoms with Gasteiger partial charge in [-0.1, -0.05) is 58.0 Å². The first-order valence-electron chi connectivity index (χ1n) is 8.80. The minimum absolute atomic E-state index is 0.0139. The zero-order chi connectivity index (χ0) is 19.7. The van der Waals surface area contributed by atoms with Crippen molar-refractivity contribution >= 4 is 12.6 Å². The minimum atomic E-state index is 0.0139. The highest BCUT2D eigenvalue weighted by Gasteiger charge is 2.16. The molecule has 0 saturated carbocycles. The molecule has 0 aliphatic carbocycles. The standard InChI is InChI=1S/C11H14O.C8H17NO.C2H6O/c1-2-10(8-9-12)11-6-4-3-5-7-11;1-8(2,3)5-7(6-10)9-4;1-3-2/h3-7,9-10H,2,8H2,1H3;6-7,9H,5H2,1-4H3;1-2H3/t;7-;/m.0./s1. The van der Waals surface area contributed by atoms with E-state index in [0.717, 1.165) is 25.4 Å². The molecule has 1 aromatic carbocycles. The van der Waals surface area contributed by atoms with Crippen LogP contribution in [-0.4, -0.2) is 39.9 Å². The second-order valence-corrected chi connectivity index (χ2v) is 7.12. The van der Waals surface area contributed by atoms with E-state index >= 15 is 0 Å². The molecule has 1 unspecified atom stereocenters. The predicted octanol–water partition coefficient (Wildman–Crippen LogP) is 4.24. The van der Waals surface area contributed by atoms with E-state index in [-0.39, 0.29) is 11.5 Å². The molecule has 0 amide bonds. The number of hydrogen-bond acceptors (Lipinski definition) is 4. The first kappa shape index (κ1) is 25.7. The Balaban J connectivity index is 0. The average molecular weight is 352 g/mol. The lowest BCUT2D eigenvalue weighted by Gasteiger charge is -2.21. The summed E-state index contributed by atoms with van der Waals surface area (Å²) in [4.78, 5) is 20.7. The van der Waals surface area contributed by atoms with Gasteiger partial charge in [0.2, 0.25) is 0 Å². The third-order valence-electron chi connectivity index (χ3n) is 3.51. The molecule has 144 valence electrons. The molecule has 0 radical (unpaired) electrons. The molecule has 1 N–H and O–H groups in total. The van der Waals surface area contributed by atoms with Gasteiger partial charge in [0.05, 0.1) is 6.04 Å². The van der Waals surface area contributed by atoms with Gasteiger partial charge in [-0.05, 0) is 36.8 Å². The molecule has 0 aromatic heterocycles. The molecular weight excluding hydrogens is 314 g/mol. The van der Waals surface area contributed by atoms with Crippen LogP contribution in [0.4, 0.5) is 0 Å². The monoisotopic (exact) mass is 351 g/mol. The van der Waals surface area contributed by atoms with Gasteiger partial charge in [0.25, 0.3) is 0 Å². The summed E-state index contributed by atoms with van der Waals surface area (Å²) < 4.78 is 4.25. The number of ether oxygens (including phenoxy) is 1. The van der Waals surface area contributed by atoms with E-state index in [2.05, 4.69) is 49.9 Å². The van der Waals surface area contributed by atoms with E-state index in [0.29, 0.717) is 12.3 Å². The van der Waals surface area contributed by atoms with Gasteiger partial charge in [-0.3, -0.25) is 0 Å². The Morgan fingerprint density at radius 2 is 1.64 bits per heavy atom. The van der Waals surface area contributed by atoms with Crippen molar-refractivity contribution in [3.05, 3.63) is 35.9 Å². The summed E-state index contributed by atoms with van der Waals surface area (Å²) in [5.41, 5.74) is 1.50. The summed E-state index contributed by atoms with van der Waals surface area (Å²) in [6.07, 6.45) is 4.53. The molecule has 0 fully saturated rings. The van der Waals surface area contributed by atoms with Gasteiger partial charge >= 0.3 is 0 Å². The summed E-state index contributed by atoms with van der Waals surface area (Å²) in [7, 11) is 5.06. The summed E-state index contributed by atoms with van der Waals surface area (Å²) >= 11 is 0. The van der Waals surface area contributed by atoms with Crippen LogP contribution in [0, 0.1) is 5.41 Å². The Morgan fingerprint density at radius 1 is 1.12 bits per heavy atom. The van der Waals surface area contributed by atoms with Gasteiger partial charge in [-0.2, -0.15) is 0 Å². The number of likely N-dealkylation sites (N-methyl/N-ethyl adjacent to an activating group) is 1. The predicted molar refractivity (Wildman–Crippen MR) is 106 cm³/mol. The van der Waals surface area contributed by atoms with Crippen molar-refractivity contribution in [1.82, 2.24) is 5.32 Å². The molecule has 25 heavy (non-hydrogen) atoms. The number of hydrogen-bond donors (Lipinski definition) is 1. The van der Waals surface area contributed by atoms with Crippen molar-refractivity contribution in [2.24, 2.45) is 5.41 Å². The van der Waals surface area contributed by atoms with E-state index in [4.69, 9.17) is 0 Å². The van der Waals surface area contributed by atoms with Crippen LogP contribution < -0.4 is 5.32 Å². The fourth-order valence-electron chi connectivity index (χ4n) is 2.26. The summed E-state index contributed by atoms with van der Waals surface area (Å²) in [6.45, 7) is 8.49. The second-order valence-electron chi connectivity index (χ2n) is 7.12. The fourth-order valence-corrected chi connectivity index (χ4v) is 2.26. The van der Waals surface area contributed by atoms with E-state index in [9.17, 15) is 9.59 Å². The molecule has 4 nitrogen and oxygen atoms in total. The zero-order valence-corrected chi connectivity index (χ0v) is 17.0. The number of aldehydes is 2. The van der Waals surface area contributed by atoms with Gasteiger partial charge in [-0.25, -0.2) is 0 Å². The van der Waals surface area contributed by atoms with Crippen LogP contribution >= 0.6 is 0 Å². The van der Waals surface area contributed by atoms with Crippen LogP contribution in [0.15, 0.2) is 30.3 Å². The lowest BCUT2D eigenvalue weighted by molar-refractivity contribution is -0.110. The van der Waals surface area contributed by atoms with Crippen molar-refractivity contribution in [2.75, 3.05) is 21.3 Å². The molecule has 1 aromatic rings. The van der Waals surface area contributed by atoms with Crippen LogP contribution in [0.3, 0.4) is 0 Å². The van der Waals surface area contributed by atoms with E-state index in [1.165, 1.54) is 5.56 Å². The van der Waals surface area contributed by atoms with Crippen LogP contribution in [0.25, 0.3) is 0 Å². The van der Waals surface area contributed by atoms with Gasteiger partial charge in [0, 0.05) is 20.6 Å². The highest BCUT2D eigenvalue weighted by molar-refractivity contribution is 5.57. The Bertz CT molecular complexity index is 427. The third-order valence-corrected chi connectivity index (χ3v) is 3.51. The summed E-state index contributed by atoms with van der Waals surface area (Å²) in [5.74, 6) is 0.406. The second kappa shape index (κ2) is 16.0. The smallest absolute Gasteiger partial charge is 0.136 e. The molecule has 0 aliphatic heterocycles. The van der Waals surface area contributed by atoms with Gasteiger partial charge < -0.3 is 19.6 Å². The molecule has 0 saturated heterocycles. The minimum Gasteiger partial charge on any atom is -0.388 e. The number of rotatable bonds is 7. The molecule has 0 spiro atoms. The molecule has 0 bridgehead atoms. The normalized spacial score (nSPS) is 12.6. The van der Waals surface area contributed by atoms with Crippen molar-refractivity contribution in [3.63, 3.8) is 0 Å². The van der Waals surface area contributed by atoms with Crippen LogP contribution in [0.2, 0.25) is 0 Å². The van der Waals surface area contributed by atoms with Gasteiger partial charge in [0.1, 0.15) is 12.6 Å². The maximum Gasteiger partial charge on any atom is 0.136 e. The van der Waals surface area contributed by atoms with Gasteiger partial charge in [0.15, 0.2) is 0 Å². The van der Waals surface area contributed by atoms with E-state index < -0.39 is 0 Å². The number of carbonyl (C=O) groups excluding carboxylic acids is 2. The number of carbonyl (C=O) groups is 2. The van der Waals surface area contributed by atoms with Crippen LogP contribution in [0.1, 0.15) is 58.4 Å². The molecule has 2 atom stereocenters. The number of nitrogens with one attached hydrogen (secondary N) is 1. The maximum absolute atomic E-state index is 10.4. The van der Waals surface area contributed by atoms with Crippen LogP contribution in [-0.2, 0) is 14.3 Å². The molecule has 1 rings (SSSR count). The lowest BCUT2D eigenvalue weighted by Crippen LogP contribution is -2.31. The third kappa shape index (κ3) is 15.7. The SMILES string of the molecule is CCC(CC=O)c1ccccc1.CN[C@H](C=O)CC(C)(C)C.COC. The molecule has 0 heterocycles. The highest BCUT2D eigenvalue weighted by atomic mass is 16.4. The van der Waals surface area contributed by atoms with E-state index in [1.54, 1.807) is 14.2 Å². The van der Waals surface area contributed by atoms with Crippen molar-refractivity contribution in [2.45, 2.75) is 58.9 Å². The largest absolute Gasteiger partial charge is 0.388 e. The Morgan fingerprint density at radius 3 is 1.92 bits per heavy atom. The van der Waals surface area contributed by atoms with Crippen LogP contribution in [0.5, 0.6) is 0 Å². The highest BCUT2D eigenvalue weighted by Crippen LogP contribution is 2.21. The molecule has 0 aliphatic rings. The zero-order valence-electron chi connectivity index (χ0n) is 17.0. The lowest BCUT2D eigenvalue weighted by atomic mass is 9.89. The summed E-state index contributed by atoms with van der Waals surface area (Å²) in [5, 5.41) is 2.94. The Labute approximate surface area is 154 Å². The fraction of sp³-hybridized carbons (Fsp3) is 0.619. The first-order chi connectivity index (χ1) is 11.8. The van der Waals surface area contributed by atoms with Crippen molar-refractivity contribution in [1.29, 1.82) is 0 Å². The number of benzene rings is 1. The molecular formula is C21H37NO3. The van der Waals surface area contributed by atoms with Crippen molar-refractivity contribution < 1.29 is 14.3 Å². The molecule has 4 heteroatoms. The number of methoxy groups -OCH3 is 1. The van der Waals surface area contributed by atoms with Gasteiger partial charge in [-0.15, -0.1) is 0 Å².